The second-order valence-electron chi connectivity index (χ2n) is 4.19. The first-order chi connectivity index (χ1) is 8.65. The summed E-state index contributed by atoms with van der Waals surface area (Å²) in [5.41, 5.74) is 5.90. The van der Waals surface area contributed by atoms with Crippen LogP contribution < -0.4 is 15.8 Å². The Labute approximate surface area is 108 Å². The number of carbonyl (C=O) groups is 1. The first kappa shape index (κ1) is 14.5. The molecule has 0 bridgehead atoms. The van der Waals surface area contributed by atoms with Crippen molar-refractivity contribution in [2.45, 2.75) is 0 Å². The summed E-state index contributed by atoms with van der Waals surface area (Å²) in [6.45, 7) is 2.24. The Kier molecular flexibility index (Phi) is 6.18. The molecule has 0 aromatic heterocycles. The number of carbonyl (C=O) groups excluding carboxylic acids is 1. The first-order valence-electron chi connectivity index (χ1n) is 6.00. The predicted octanol–water partition coefficient (Wildman–Crippen LogP) is 0.316. The lowest BCUT2D eigenvalue weighted by molar-refractivity contribution is 0.0950. The summed E-state index contributed by atoms with van der Waals surface area (Å²) in [6.07, 6.45) is 0. The minimum atomic E-state index is -0.152. The molecular weight excluding hydrogens is 230 g/mol. The Hall–Kier alpha value is -1.59. The smallest absolute Gasteiger partial charge is 0.255 e. The molecule has 0 spiro atoms. The number of amides is 1. The van der Waals surface area contributed by atoms with Gasteiger partial charge in [0.05, 0.1) is 5.56 Å². The molecule has 100 valence electrons. The monoisotopic (exact) mass is 251 g/mol. The fourth-order valence-corrected chi connectivity index (χ4v) is 1.40. The second kappa shape index (κ2) is 7.68. The van der Waals surface area contributed by atoms with Crippen LogP contribution in [0.1, 0.15) is 10.4 Å². The van der Waals surface area contributed by atoms with Crippen LogP contribution in [0.2, 0.25) is 0 Å². The zero-order valence-electron chi connectivity index (χ0n) is 11.0. The first-order valence-corrected chi connectivity index (χ1v) is 6.00. The fraction of sp³-hybridized carbons (Fsp3) is 0.462. The Bertz CT molecular complexity index is 380. The summed E-state index contributed by atoms with van der Waals surface area (Å²) in [5, 5.41) is 2.73. The summed E-state index contributed by atoms with van der Waals surface area (Å²) in [4.78, 5) is 13.9. The van der Waals surface area contributed by atoms with E-state index >= 15 is 0 Å². The molecule has 1 amide bonds. The molecule has 0 unspecified atom stereocenters. The van der Waals surface area contributed by atoms with Crippen molar-refractivity contribution in [2.75, 3.05) is 40.3 Å². The van der Waals surface area contributed by atoms with E-state index in [9.17, 15) is 4.79 Å². The topological polar surface area (TPSA) is 67.6 Å². The van der Waals surface area contributed by atoms with Crippen LogP contribution in [0.3, 0.4) is 0 Å². The van der Waals surface area contributed by atoms with E-state index in [-0.39, 0.29) is 5.91 Å². The van der Waals surface area contributed by atoms with Crippen molar-refractivity contribution in [3.63, 3.8) is 0 Å². The molecule has 0 saturated heterocycles. The minimum Gasteiger partial charge on any atom is -0.491 e. The van der Waals surface area contributed by atoms with Gasteiger partial charge in [0.2, 0.25) is 0 Å². The van der Waals surface area contributed by atoms with Crippen molar-refractivity contribution >= 4 is 5.91 Å². The van der Waals surface area contributed by atoms with Gasteiger partial charge in [0.1, 0.15) is 12.4 Å². The van der Waals surface area contributed by atoms with Crippen molar-refractivity contribution in [3.8, 4) is 5.75 Å². The Morgan fingerprint density at radius 3 is 2.78 bits per heavy atom. The summed E-state index contributed by atoms with van der Waals surface area (Å²) < 4.78 is 5.62. The highest BCUT2D eigenvalue weighted by atomic mass is 16.5. The van der Waals surface area contributed by atoms with Crippen molar-refractivity contribution in [3.05, 3.63) is 29.8 Å². The lowest BCUT2D eigenvalue weighted by Gasteiger charge is -2.13. The number of para-hydroxylation sites is 1. The molecule has 5 heteroatoms. The van der Waals surface area contributed by atoms with E-state index in [1.54, 1.807) is 12.1 Å². The van der Waals surface area contributed by atoms with E-state index in [4.69, 9.17) is 10.5 Å². The Morgan fingerprint density at radius 1 is 1.39 bits per heavy atom. The third-order valence-electron chi connectivity index (χ3n) is 2.36. The summed E-state index contributed by atoms with van der Waals surface area (Å²) >= 11 is 0. The minimum absolute atomic E-state index is 0.152. The molecule has 0 aliphatic heterocycles. The number of nitrogens with one attached hydrogen (secondary N) is 1. The molecule has 1 aromatic carbocycles. The fourth-order valence-electron chi connectivity index (χ4n) is 1.40. The van der Waals surface area contributed by atoms with E-state index in [1.807, 2.05) is 31.1 Å². The molecule has 0 atom stereocenters. The SMILES string of the molecule is CN(C)CCOc1ccccc1C(=O)NCCN. The molecule has 0 aliphatic carbocycles. The molecule has 3 N–H and O–H groups in total. The van der Waals surface area contributed by atoms with Crippen LogP contribution in [-0.4, -0.2) is 51.1 Å². The van der Waals surface area contributed by atoms with Crippen LogP contribution in [0, 0.1) is 0 Å². The average Bonchev–Trinajstić information content (AvgIpc) is 2.36. The molecule has 0 radical (unpaired) electrons. The lowest BCUT2D eigenvalue weighted by atomic mass is 10.2. The number of likely N-dealkylation sites (N-methyl/N-ethyl adjacent to an activating group) is 1. The van der Waals surface area contributed by atoms with Gasteiger partial charge >= 0.3 is 0 Å². The highest BCUT2D eigenvalue weighted by molar-refractivity contribution is 5.96. The standard InChI is InChI=1S/C13H21N3O2/c1-16(2)9-10-18-12-6-4-3-5-11(12)13(17)15-8-7-14/h3-6H,7-10,14H2,1-2H3,(H,15,17). The van der Waals surface area contributed by atoms with Gasteiger partial charge in [-0.15, -0.1) is 0 Å². The van der Waals surface area contributed by atoms with Crippen LogP contribution in [-0.2, 0) is 0 Å². The average molecular weight is 251 g/mol. The van der Waals surface area contributed by atoms with Crippen LogP contribution in [0.25, 0.3) is 0 Å². The van der Waals surface area contributed by atoms with Gasteiger partial charge in [-0.2, -0.15) is 0 Å². The van der Waals surface area contributed by atoms with Gasteiger partial charge in [0, 0.05) is 19.6 Å². The van der Waals surface area contributed by atoms with Crippen molar-refractivity contribution in [1.29, 1.82) is 0 Å². The van der Waals surface area contributed by atoms with Gasteiger partial charge in [-0.1, -0.05) is 12.1 Å². The Morgan fingerprint density at radius 2 is 2.11 bits per heavy atom. The summed E-state index contributed by atoms with van der Waals surface area (Å²) in [5.74, 6) is 0.453. The second-order valence-corrected chi connectivity index (χ2v) is 4.19. The molecular formula is C13H21N3O2. The Balaban J connectivity index is 2.64. The number of nitrogens with two attached hydrogens (primary N) is 1. The highest BCUT2D eigenvalue weighted by Crippen LogP contribution is 2.17. The molecule has 0 heterocycles. The van der Waals surface area contributed by atoms with E-state index in [0.29, 0.717) is 31.0 Å². The van der Waals surface area contributed by atoms with Gasteiger partial charge in [-0.05, 0) is 26.2 Å². The number of hydrogen-bond acceptors (Lipinski definition) is 4. The number of hydrogen-bond donors (Lipinski definition) is 2. The van der Waals surface area contributed by atoms with Gasteiger partial charge in [0.15, 0.2) is 0 Å². The van der Waals surface area contributed by atoms with E-state index in [2.05, 4.69) is 5.32 Å². The molecule has 1 rings (SSSR count). The number of rotatable bonds is 7. The van der Waals surface area contributed by atoms with Crippen LogP contribution in [0.15, 0.2) is 24.3 Å². The predicted molar refractivity (Wildman–Crippen MR) is 71.9 cm³/mol. The van der Waals surface area contributed by atoms with E-state index in [0.717, 1.165) is 6.54 Å². The normalized spacial score (nSPS) is 10.4. The summed E-state index contributed by atoms with van der Waals surface area (Å²) in [6, 6.07) is 7.21. The lowest BCUT2D eigenvalue weighted by Crippen LogP contribution is -2.29. The largest absolute Gasteiger partial charge is 0.491 e. The van der Waals surface area contributed by atoms with Gasteiger partial charge in [-0.25, -0.2) is 0 Å². The van der Waals surface area contributed by atoms with Crippen molar-refractivity contribution < 1.29 is 9.53 Å². The maximum atomic E-state index is 11.9. The van der Waals surface area contributed by atoms with E-state index in [1.165, 1.54) is 0 Å². The van der Waals surface area contributed by atoms with Gasteiger partial charge in [-0.3, -0.25) is 4.79 Å². The third-order valence-corrected chi connectivity index (χ3v) is 2.36. The highest BCUT2D eigenvalue weighted by Gasteiger charge is 2.11. The van der Waals surface area contributed by atoms with Crippen LogP contribution >= 0.6 is 0 Å². The van der Waals surface area contributed by atoms with Gasteiger partial charge < -0.3 is 20.7 Å². The third kappa shape index (κ3) is 4.73. The molecule has 5 nitrogen and oxygen atoms in total. The number of ether oxygens (including phenoxy) is 1. The van der Waals surface area contributed by atoms with Crippen LogP contribution in [0.4, 0.5) is 0 Å². The van der Waals surface area contributed by atoms with E-state index < -0.39 is 0 Å². The number of nitrogens with zero attached hydrogens (tertiary/aromatic N) is 1. The molecule has 1 aromatic rings. The maximum absolute atomic E-state index is 11.9. The van der Waals surface area contributed by atoms with Crippen LogP contribution in [0.5, 0.6) is 5.75 Å². The van der Waals surface area contributed by atoms with Crippen molar-refractivity contribution in [1.82, 2.24) is 10.2 Å². The van der Waals surface area contributed by atoms with Crippen molar-refractivity contribution in [2.24, 2.45) is 5.73 Å². The zero-order chi connectivity index (χ0) is 13.4. The maximum Gasteiger partial charge on any atom is 0.255 e. The molecule has 0 saturated carbocycles. The zero-order valence-corrected chi connectivity index (χ0v) is 11.0. The summed E-state index contributed by atoms with van der Waals surface area (Å²) in [7, 11) is 3.95. The number of benzene rings is 1. The molecule has 0 fully saturated rings. The molecule has 0 aliphatic rings. The molecule has 18 heavy (non-hydrogen) atoms. The van der Waals surface area contributed by atoms with Gasteiger partial charge in [0.25, 0.3) is 5.91 Å². The quantitative estimate of drug-likeness (QED) is 0.732.